The minimum atomic E-state index is -4.85. The molecule has 0 spiro atoms. The molecule has 11 heteroatoms. The number of aliphatic carboxylic acids is 1. The van der Waals surface area contributed by atoms with Crippen molar-refractivity contribution in [3.63, 3.8) is 0 Å². The summed E-state index contributed by atoms with van der Waals surface area (Å²) in [5.41, 5.74) is 0.689. The number of hydrogen-bond acceptors (Lipinski definition) is 6. The number of carbonyl (C=O) groups is 1. The number of aliphatic hydroxyl groups is 2. The highest BCUT2D eigenvalue weighted by Gasteiger charge is 2.39. The van der Waals surface area contributed by atoms with E-state index in [0.29, 0.717) is 11.3 Å². The van der Waals surface area contributed by atoms with E-state index in [1.165, 1.54) is 19.2 Å². The van der Waals surface area contributed by atoms with Gasteiger partial charge in [0.15, 0.2) is 0 Å². The van der Waals surface area contributed by atoms with Crippen LogP contribution in [0.2, 0.25) is 0 Å². The first-order valence-corrected chi connectivity index (χ1v) is 10.6. The van der Waals surface area contributed by atoms with Crippen LogP contribution < -0.4 is 9.84 Å². The van der Waals surface area contributed by atoms with Crippen molar-refractivity contribution in [3.05, 3.63) is 60.2 Å². The Morgan fingerprint density at radius 2 is 1.66 bits per heavy atom. The number of benzene rings is 2. The maximum atomic E-state index is 14.0. The number of imidazole rings is 1. The number of carboxylic acid groups (broad SMARTS) is 1. The second-order valence-corrected chi connectivity index (χ2v) is 7.93. The standard InChI is InChI=1S/C24H24F4N2O5/c1-35-19-8-4-14(5-9-19)21-22(15-2-6-16(25)7-3-15)30(23(29-21)24(26,27)28)11-10-17(31)12-18(32)13-20(33)34/h2-9,17-18,31-32H,10-13H2,1H3,(H,33,34)/p-1/t17-,18-/m1/s1. The first-order chi connectivity index (χ1) is 16.5. The Morgan fingerprint density at radius 3 is 2.20 bits per heavy atom. The predicted octanol–water partition coefficient (Wildman–Crippen LogP) is 3.03. The fourth-order valence-electron chi connectivity index (χ4n) is 3.72. The number of alkyl halides is 3. The Bertz CT molecular complexity index is 1140. The van der Waals surface area contributed by atoms with Crippen molar-refractivity contribution in [3.8, 4) is 28.3 Å². The molecule has 0 fully saturated rings. The molecular formula is C24H23F4N2O5-. The Kier molecular flexibility index (Phi) is 8.13. The second kappa shape index (κ2) is 10.9. The Labute approximate surface area is 198 Å². The third kappa shape index (κ3) is 6.58. The van der Waals surface area contributed by atoms with E-state index < -0.39 is 42.4 Å². The van der Waals surface area contributed by atoms with Gasteiger partial charge >= 0.3 is 6.18 Å². The van der Waals surface area contributed by atoms with E-state index in [1.807, 2.05) is 0 Å². The summed E-state index contributed by atoms with van der Waals surface area (Å²) in [6.45, 7) is -0.357. The second-order valence-electron chi connectivity index (χ2n) is 7.93. The molecule has 0 radical (unpaired) electrons. The fourth-order valence-corrected chi connectivity index (χ4v) is 3.72. The smallest absolute Gasteiger partial charge is 0.449 e. The molecule has 2 N–H and O–H groups in total. The van der Waals surface area contributed by atoms with Gasteiger partial charge < -0.3 is 29.4 Å². The molecule has 0 saturated carbocycles. The van der Waals surface area contributed by atoms with Gasteiger partial charge in [-0.2, -0.15) is 13.2 Å². The highest BCUT2D eigenvalue weighted by atomic mass is 19.4. The third-order valence-electron chi connectivity index (χ3n) is 5.33. The Hall–Kier alpha value is -3.44. The van der Waals surface area contributed by atoms with Crippen LogP contribution in [0.15, 0.2) is 48.5 Å². The van der Waals surface area contributed by atoms with Gasteiger partial charge in [-0.3, -0.25) is 0 Å². The molecule has 1 aromatic heterocycles. The number of aromatic nitrogens is 2. The number of hydrogen-bond donors (Lipinski definition) is 2. The largest absolute Gasteiger partial charge is 0.550 e. The summed E-state index contributed by atoms with van der Waals surface area (Å²) in [6.07, 6.45) is -8.86. The van der Waals surface area contributed by atoms with Gasteiger partial charge in [0, 0.05) is 30.1 Å². The summed E-state index contributed by atoms with van der Waals surface area (Å²) in [7, 11) is 1.45. The predicted molar refractivity (Wildman–Crippen MR) is 115 cm³/mol. The highest BCUT2D eigenvalue weighted by molar-refractivity contribution is 5.79. The van der Waals surface area contributed by atoms with Crippen LogP contribution >= 0.6 is 0 Å². The number of aliphatic hydroxyl groups excluding tert-OH is 2. The zero-order valence-corrected chi connectivity index (χ0v) is 18.6. The zero-order chi connectivity index (χ0) is 25.8. The fraction of sp³-hybridized carbons (Fsp3) is 0.333. The molecule has 0 amide bonds. The van der Waals surface area contributed by atoms with Gasteiger partial charge in [-0.1, -0.05) is 0 Å². The van der Waals surface area contributed by atoms with Gasteiger partial charge in [0.05, 0.1) is 30.7 Å². The number of methoxy groups -OCH3 is 1. The van der Waals surface area contributed by atoms with Crippen molar-refractivity contribution in [2.75, 3.05) is 7.11 Å². The summed E-state index contributed by atoms with van der Waals surface area (Å²) < 4.78 is 61.5. The third-order valence-corrected chi connectivity index (χ3v) is 5.33. The monoisotopic (exact) mass is 495 g/mol. The molecule has 0 aliphatic carbocycles. The van der Waals surface area contributed by atoms with Gasteiger partial charge in [-0.25, -0.2) is 9.37 Å². The molecule has 3 rings (SSSR count). The lowest BCUT2D eigenvalue weighted by molar-refractivity contribution is -0.307. The highest BCUT2D eigenvalue weighted by Crippen LogP contribution is 2.39. The van der Waals surface area contributed by atoms with Crippen molar-refractivity contribution in [1.82, 2.24) is 9.55 Å². The van der Waals surface area contributed by atoms with Crippen LogP contribution in [0.3, 0.4) is 0 Å². The van der Waals surface area contributed by atoms with Gasteiger partial charge in [0.25, 0.3) is 0 Å². The zero-order valence-electron chi connectivity index (χ0n) is 18.6. The molecule has 0 bridgehead atoms. The van der Waals surface area contributed by atoms with Crippen LogP contribution in [0.1, 0.15) is 25.1 Å². The summed E-state index contributed by atoms with van der Waals surface area (Å²) >= 11 is 0. The molecule has 7 nitrogen and oxygen atoms in total. The topological polar surface area (TPSA) is 108 Å². The molecule has 1 heterocycles. The van der Waals surface area contributed by atoms with E-state index in [-0.39, 0.29) is 36.3 Å². The van der Waals surface area contributed by atoms with Crippen molar-refractivity contribution < 1.29 is 42.4 Å². The van der Waals surface area contributed by atoms with Crippen molar-refractivity contribution >= 4 is 5.97 Å². The van der Waals surface area contributed by atoms with Gasteiger partial charge in [0.2, 0.25) is 5.82 Å². The number of ether oxygens (including phenoxy) is 1. The van der Waals surface area contributed by atoms with E-state index in [1.54, 1.807) is 24.3 Å². The van der Waals surface area contributed by atoms with Crippen LogP contribution in [0.5, 0.6) is 5.75 Å². The number of carboxylic acids is 1. The molecule has 2 atom stereocenters. The average molecular weight is 495 g/mol. The summed E-state index contributed by atoms with van der Waals surface area (Å²) in [6, 6.07) is 11.1. The summed E-state index contributed by atoms with van der Waals surface area (Å²) in [5, 5.41) is 30.5. The van der Waals surface area contributed by atoms with Gasteiger partial charge in [0.1, 0.15) is 11.6 Å². The number of halogens is 4. The van der Waals surface area contributed by atoms with Crippen molar-refractivity contribution in [2.24, 2.45) is 0 Å². The lowest BCUT2D eigenvalue weighted by Gasteiger charge is -2.19. The average Bonchev–Trinajstić information content (AvgIpc) is 3.17. The van der Waals surface area contributed by atoms with Crippen LogP contribution in [0.4, 0.5) is 17.6 Å². The first kappa shape index (κ1) is 26.2. The van der Waals surface area contributed by atoms with E-state index in [0.717, 1.165) is 16.7 Å². The lowest BCUT2D eigenvalue weighted by Crippen LogP contribution is -2.30. The van der Waals surface area contributed by atoms with Crippen molar-refractivity contribution in [2.45, 2.75) is 44.2 Å². The van der Waals surface area contributed by atoms with Crippen LogP contribution in [-0.2, 0) is 17.5 Å². The van der Waals surface area contributed by atoms with Gasteiger partial charge in [-0.15, -0.1) is 0 Å². The number of rotatable bonds is 10. The number of nitrogens with zero attached hydrogens (tertiary/aromatic N) is 2. The molecule has 0 saturated heterocycles. The van der Waals surface area contributed by atoms with Crippen LogP contribution in [0, 0.1) is 5.82 Å². The normalized spacial score (nSPS) is 13.5. The number of carbonyl (C=O) groups excluding carboxylic acids is 1. The maximum absolute atomic E-state index is 14.0. The molecule has 0 unspecified atom stereocenters. The van der Waals surface area contributed by atoms with Crippen molar-refractivity contribution in [1.29, 1.82) is 0 Å². The summed E-state index contributed by atoms with van der Waals surface area (Å²) in [5.74, 6) is -2.81. The van der Waals surface area contributed by atoms with Crippen LogP contribution in [0.25, 0.3) is 22.5 Å². The quantitative estimate of drug-likeness (QED) is 0.419. The molecule has 0 aliphatic rings. The SMILES string of the molecule is COc1ccc(-c2nc(C(F)(F)F)n(CC[C@@H](O)C[C@@H](O)CC(=O)[O-])c2-c2ccc(F)cc2)cc1. The minimum absolute atomic E-state index is 0.00179. The Balaban J connectivity index is 2.06. The molecule has 188 valence electrons. The molecular weight excluding hydrogens is 472 g/mol. The first-order valence-electron chi connectivity index (χ1n) is 10.6. The van der Waals surface area contributed by atoms with E-state index in [9.17, 15) is 37.7 Å². The van der Waals surface area contributed by atoms with E-state index >= 15 is 0 Å². The van der Waals surface area contributed by atoms with Crippen LogP contribution in [-0.4, -0.2) is 45.1 Å². The van der Waals surface area contributed by atoms with E-state index in [2.05, 4.69) is 4.98 Å². The van der Waals surface area contributed by atoms with E-state index in [4.69, 9.17) is 4.74 Å². The van der Waals surface area contributed by atoms with Gasteiger partial charge in [-0.05, 0) is 61.4 Å². The Morgan fingerprint density at radius 1 is 1.06 bits per heavy atom. The molecule has 35 heavy (non-hydrogen) atoms. The molecule has 2 aromatic carbocycles. The minimum Gasteiger partial charge on any atom is -0.550 e. The maximum Gasteiger partial charge on any atom is 0.449 e. The molecule has 0 aliphatic heterocycles. The summed E-state index contributed by atoms with van der Waals surface area (Å²) in [4.78, 5) is 14.5. The molecule has 3 aromatic rings. The lowest BCUT2D eigenvalue weighted by atomic mass is 10.0.